The van der Waals surface area contributed by atoms with Crippen molar-refractivity contribution < 1.29 is 4.42 Å². The first-order chi connectivity index (χ1) is 29.3. The summed E-state index contributed by atoms with van der Waals surface area (Å²) in [4.78, 5) is 5.06. The summed E-state index contributed by atoms with van der Waals surface area (Å²) in [6.07, 6.45) is 0.812. The van der Waals surface area contributed by atoms with Gasteiger partial charge in [0.2, 0.25) is 0 Å². The molecule has 0 unspecified atom stereocenters. The van der Waals surface area contributed by atoms with Crippen molar-refractivity contribution in [2.24, 2.45) is 0 Å². The lowest BCUT2D eigenvalue weighted by Crippen LogP contribution is -2.38. The van der Waals surface area contributed by atoms with E-state index >= 15 is 0 Å². The molecule has 12 rings (SSSR count). The molecular formula is C56H37NOS. The highest BCUT2D eigenvalue weighted by molar-refractivity contribution is 7.99. The lowest BCUT2D eigenvalue weighted by Gasteiger charge is -2.47. The molecule has 278 valence electrons. The normalized spacial score (nSPS) is 13.4. The van der Waals surface area contributed by atoms with Gasteiger partial charge in [0.25, 0.3) is 0 Å². The van der Waals surface area contributed by atoms with E-state index in [0.29, 0.717) is 0 Å². The van der Waals surface area contributed by atoms with Crippen LogP contribution in [0.2, 0.25) is 0 Å². The van der Waals surface area contributed by atoms with Gasteiger partial charge in [0.05, 0.1) is 5.41 Å². The van der Waals surface area contributed by atoms with Crippen molar-refractivity contribution in [1.29, 1.82) is 0 Å². The molecule has 1 aromatic heterocycles. The molecule has 2 aliphatic rings. The Hall–Kier alpha value is -7.07. The molecule has 9 aromatic carbocycles. The standard InChI is InChI=1S/C56H37NOS/c1-2-15-37(16-3-1)42-18-5-6-19-43(42)38-29-31-40(32-30-38)57(41-33-34-45-44-20-7-11-26-52(44)58-53(45)36-41)51-25-14-24-48-46(51)35-39-17-4-8-21-47(39)56(48)49-22-9-12-27-54(49)59-55-28-13-10-23-50(55)56/h1-34,36H,35H2. The molecule has 3 heteroatoms. The van der Waals surface area contributed by atoms with E-state index in [1.807, 2.05) is 17.8 Å². The number of furan rings is 1. The van der Waals surface area contributed by atoms with Gasteiger partial charge in [0.1, 0.15) is 11.2 Å². The highest BCUT2D eigenvalue weighted by atomic mass is 32.2. The zero-order valence-corrected chi connectivity index (χ0v) is 33.0. The molecule has 10 aromatic rings. The Balaban J connectivity index is 1.10. The Labute approximate surface area is 348 Å². The van der Waals surface area contributed by atoms with Gasteiger partial charge >= 0.3 is 0 Å². The van der Waals surface area contributed by atoms with Gasteiger partial charge in [-0.05, 0) is 104 Å². The van der Waals surface area contributed by atoms with Crippen LogP contribution >= 0.6 is 11.8 Å². The zero-order valence-electron chi connectivity index (χ0n) is 32.2. The predicted octanol–water partition coefficient (Wildman–Crippen LogP) is 15.1. The van der Waals surface area contributed by atoms with E-state index in [1.165, 1.54) is 65.4 Å². The van der Waals surface area contributed by atoms with E-state index < -0.39 is 5.41 Å². The molecule has 0 radical (unpaired) electrons. The molecule has 1 aliphatic heterocycles. The summed E-state index contributed by atoms with van der Waals surface area (Å²) >= 11 is 1.88. The minimum atomic E-state index is -0.488. The number of rotatable bonds is 5. The summed E-state index contributed by atoms with van der Waals surface area (Å²) in [6, 6.07) is 77.7. The maximum Gasteiger partial charge on any atom is 0.137 e. The topological polar surface area (TPSA) is 16.4 Å². The number of hydrogen-bond donors (Lipinski definition) is 0. The number of nitrogens with zero attached hydrogens (tertiary/aromatic N) is 1. The maximum atomic E-state index is 6.55. The number of fused-ring (bicyclic) bond motifs is 11. The fraction of sp³-hybridized carbons (Fsp3) is 0.0357. The molecular weight excluding hydrogens is 735 g/mol. The predicted molar refractivity (Wildman–Crippen MR) is 245 cm³/mol. The first-order valence-electron chi connectivity index (χ1n) is 20.3. The minimum absolute atomic E-state index is 0.488. The Morgan fingerprint density at radius 1 is 0.424 bits per heavy atom. The van der Waals surface area contributed by atoms with E-state index in [1.54, 1.807) is 0 Å². The molecule has 0 bridgehead atoms. The quantitative estimate of drug-likeness (QED) is 0.173. The summed E-state index contributed by atoms with van der Waals surface area (Å²) in [7, 11) is 0. The van der Waals surface area contributed by atoms with Gasteiger partial charge in [-0.3, -0.25) is 0 Å². The SMILES string of the molecule is c1ccc(-c2ccccc2-c2ccc(N(c3ccc4c(c3)oc3ccccc34)c3cccc4c3Cc3ccccc3C43c4ccccc4Sc4ccccc43)cc2)cc1. The molecule has 1 aliphatic carbocycles. The molecule has 59 heavy (non-hydrogen) atoms. The van der Waals surface area contributed by atoms with Crippen molar-refractivity contribution in [1.82, 2.24) is 0 Å². The van der Waals surface area contributed by atoms with Crippen LogP contribution in [0.1, 0.15) is 33.4 Å². The number of benzene rings is 9. The average Bonchev–Trinajstić information content (AvgIpc) is 3.68. The maximum absolute atomic E-state index is 6.55. The van der Waals surface area contributed by atoms with Crippen LogP contribution in [0.3, 0.4) is 0 Å². The second-order valence-electron chi connectivity index (χ2n) is 15.6. The second-order valence-corrected chi connectivity index (χ2v) is 16.6. The molecule has 0 amide bonds. The average molecular weight is 772 g/mol. The lowest BCUT2D eigenvalue weighted by atomic mass is 9.59. The molecule has 0 fully saturated rings. The van der Waals surface area contributed by atoms with Crippen molar-refractivity contribution in [2.75, 3.05) is 4.90 Å². The molecule has 0 saturated heterocycles. The molecule has 0 N–H and O–H groups in total. The summed E-state index contributed by atoms with van der Waals surface area (Å²) < 4.78 is 6.55. The summed E-state index contributed by atoms with van der Waals surface area (Å²) in [6.45, 7) is 0. The van der Waals surface area contributed by atoms with Gasteiger partial charge in [-0.25, -0.2) is 0 Å². The van der Waals surface area contributed by atoms with E-state index in [-0.39, 0.29) is 0 Å². The third kappa shape index (κ3) is 5.21. The number of para-hydroxylation sites is 1. The molecule has 0 atom stereocenters. The van der Waals surface area contributed by atoms with Crippen LogP contribution in [-0.2, 0) is 11.8 Å². The first kappa shape index (κ1) is 34.0. The monoisotopic (exact) mass is 771 g/mol. The second kappa shape index (κ2) is 13.5. The van der Waals surface area contributed by atoms with Crippen LogP contribution in [0.15, 0.2) is 227 Å². The molecule has 2 nitrogen and oxygen atoms in total. The highest BCUT2D eigenvalue weighted by Crippen LogP contribution is 2.60. The first-order valence-corrected chi connectivity index (χ1v) is 21.1. The fourth-order valence-electron chi connectivity index (χ4n) is 9.95. The number of hydrogen-bond acceptors (Lipinski definition) is 3. The van der Waals surface area contributed by atoms with E-state index in [2.05, 4.69) is 211 Å². The van der Waals surface area contributed by atoms with E-state index in [0.717, 1.165) is 45.4 Å². The van der Waals surface area contributed by atoms with Crippen molar-refractivity contribution in [3.05, 3.63) is 246 Å². The summed E-state index contributed by atoms with van der Waals surface area (Å²) in [5.41, 5.74) is 17.5. The molecule has 2 heterocycles. The van der Waals surface area contributed by atoms with Crippen molar-refractivity contribution in [3.8, 4) is 22.3 Å². The van der Waals surface area contributed by atoms with Gasteiger partial charge in [-0.2, -0.15) is 0 Å². The van der Waals surface area contributed by atoms with Crippen LogP contribution in [-0.4, -0.2) is 0 Å². The van der Waals surface area contributed by atoms with Gasteiger partial charge in [-0.1, -0.05) is 169 Å². The fourth-order valence-corrected chi connectivity index (χ4v) is 11.1. The Kier molecular flexibility index (Phi) is 7.79. The van der Waals surface area contributed by atoms with Crippen LogP contribution in [0, 0.1) is 0 Å². The zero-order chi connectivity index (χ0) is 38.9. The Morgan fingerprint density at radius 3 is 1.76 bits per heavy atom. The summed E-state index contributed by atoms with van der Waals surface area (Å²) in [5.74, 6) is 0. The molecule has 0 saturated carbocycles. The van der Waals surface area contributed by atoms with Crippen LogP contribution < -0.4 is 4.90 Å². The highest BCUT2D eigenvalue weighted by Gasteiger charge is 2.48. The minimum Gasteiger partial charge on any atom is -0.456 e. The molecule has 1 spiro atoms. The lowest BCUT2D eigenvalue weighted by molar-refractivity contribution is 0.668. The van der Waals surface area contributed by atoms with Crippen LogP contribution in [0.5, 0.6) is 0 Å². The van der Waals surface area contributed by atoms with E-state index in [4.69, 9.17) is 4.42 Å². The number of anilines is 3. The third-order valence-electron chi connectivity index (χ3n) is 12.5. The van der Waals surface area contributed by atoms with Crippen molar-refractivity contribution in [2.45, 2.75) is 21.6 Å². The van der Waals surface area contributed by atoms with Crippen LogP contribution in [0.4, 0.5) is 17.1 Å². The summed E-state index contributed by atoms with van der Waals surface area (Å²) in [5, 5.41) is 2.25. The van der Waals surface area contributed by atoms with Gasteiger partial charge < -0.3 is 9.32 Å². The largest absolute Gasteiger partial charge is 0.456 e. The van der Waals surface area contributed by atoms with Crippen molar-refractivity contribution in [3.63, 3.8) is 0 Å². The van der Waals surface area contributed by atoms with Crippen molar-refractivity contribution >= 4 is 50.8 Å². The van der Waals surface area contributed by atoms with Crippen LogP contribution in [0.25, 0.3) is 44.2 Å². The van der Waals surface area contributed by atoms with Gasteiger partial charge in [-0.15, -0.1) is 0 Å². The third-order valence-corrected chi connectivity index (χ3v) is 13.6. The van der Waals surface area contributed by atoms with Gasteiger partial charge in [0.15, 0.2) is 0 Å². The van der Waals surface area contributed by atoms with Gasteiger partial charge in [0, 0.05) is 50.1 Å². The smallest absolute Gasteiger partial charge is 0.137 e. The Bertz CT molecular complexity index is 3170. The Morgan fingerprint density at radius 2 is 1.00 bits per heavy atom. The van der Waals surface area contributed by atoms with E-state index in [9.17, 15) is 0 Å².